The van der Waals surface area contributed by atoms with Gasteiger partial charge in [-0.25, -0.2) is 9.66 Å². The van der Waals surface area contributed by atoms with Crippen molar-refractivity contribution in [3.63, 3.8) is 0 Å². The van der Waals surface area contributed by atoms with E-state index in [2.05, 4.69) is 10.4 Å². The SMILES string of the molecule is CCc1nc2cc(C(F)(F)F)ccc2c(=O)n1NC(=O)Cc1ccccc1. The Kier molecular flexibility index (Phi) is 4.98. The van der Waals surface area contributed by atoms with E-state index in [0.29, 0.717) is 0 Å². The second-order valence-corrected chi connectivity index (χ2v) is 5.95. The van der Waals surface area contributed by atoms with Gasteiger partial charge in [0.2, 0.25) is 5.91 Å². The number of carbonyl (C=O) groups is 1. The minimum atomic E-state index is -4.53. The van der Waals surface area contributed by atoms with Crippen LogP contribution in [-0.4, -0.2) is 15.6 Å². The molecular formula is C19H16F3N3O2. The fourth-order valence-corrected chi connectivity index (χ4v) is 2.71. The van der Waals surface area contributed by atoms with Crippen molar-refractivity contribution in [1.29, 1.82) is 0 Å². The molecule has 1 amide bonds. The lowest BCUT2D eigenvalue weighted by Gasteiger charge is -2.14. The van der Waals surface area contributed by atoms with Crippen LogP contribution in [-0.2, 0) is 23.8 Å². The van der Waals surface area contributed by atoms with Crippen molar-refractivity contribution < 1.29 is 18.0 Å². The summed E-state index contributed by atoms with van der Waals surface area (Å²) in [6.45, 7) is 1.70. The Morgan fingerprint density at radius 2 is 1.85 bits per heavy atom. The monoisotopic (exact) mass is 375 g/mol. The Morgan fingerprint density at radius 1 is 1.15 bits per heavy atom. The summed E-state index contributed by atoms with van der Waals surface area (Å²) in [6, 6.07) is 11.7. The molecular weight excluding hydrogens is 359 g/mol. The molecule has 3 rings (SSSR count). The maximum absolute atomic E-state index is 12.9. The van der Waals surface area contributed by atoms with Crippen LogP contribution in [0.15, 0.2) is 53.3 Å². The first-order valence-corrected chi connectivity index (χ1v) is 8.26. The maximum Gasteiger partial charge on any atom is 0.416 e. The molecule has 2 aromatic carbocycles. The van der Waals surface area contributed by atoms with E-state index < -0.39 is 23.2 Å². The predicted molar refractivity (Wildman–Crippen MR) is 94.9 cm³/mol. The average Bonchev–Trinajstić information content (AvgIpc) is 2.63. The van der Waals surface area contributed by atoms with E-state index in [9.17, 15) is 22.8 Å². The summed E-state index contributed by atoms with van der Waals surface area (Å²) in [5.41, 5.74) is 1.71. The highest BCUT2D eigenvalue weighted by atomic mass is 19.4. The predicted octanol–water partition coefficient (Wildman–Crippen LogP) is 3.29. The Balaban J connectivity index is 1.99. The van der Waals surface area contributed by atoms with Crippen molar-refractivity contribution in [2.45, 2.75) is 25.9 Å². The number of hydrogen-bond acceptors (Lipinski definition) is 3. The number of alkyl halides is 3. The molecule has 1 N–H and O–H groups in total. The molecule has 8 heteroatoms. The Bertz CT molecular complexity index is 1040. The lowest BCUT2D eigenvalue weighted by Crippen LogP contribution is -2.37. The molecule has 0 saturated carbocycles. The molecule has 0 spiro atoms. The topological polar surface area (TPSA) is 64.0 Å². The van der Waals surface area contributed by atoms with Gasteiger partial charge in [-0.1, -0.05) is 37.3 Å². The maximum atomic E-state index is 12.9. The molecule has 0 bridgehead atoms. The number of fused-ring (bicyclic) bond motifs is 1. The summed E-state index contributed by atoms with van der Waals surface area (Å²) in [4.78, 5) is 29.1. The summed E-state index contributed by atoms with van der Waals surface area (Å²) >= 11 is 0. The number of nitrogens with one attached hydrogen (secondary N) is 1. The van der Waals surface area contributed by atoms with Gasteiger partial charge in [0.15, 0.2) is 0 Å². The van der Waals surface area contributed by atoms with Crippen molar-refractivity contribution in [2.75, 3.05) is 5.43 Å². The van der Waals surface area contributed by atoms with Crippen LogP contribution in [0.3, 0.4) is 0 Å². The van der Waals surface area contributed by atoms with Crippen LogP contribution in [0.2, 0.25) is 0 Å². The number of hydrogen-bond donors (Lipinski definition) is 1. The van der Waals surface area contributed by atoms with E-state index in [4.69, 9.17) is 0 Å². The highest BCUT2D eigenvalue weighted by Gasteiger charge is 2.31. The molecule has 0 aliphatic rings. The van der Waals surface area contributed by atoms with E-state index in [-0.39, 0.29) is 29.6 Å². The molecule has 27 heavy (non-hydrogen) atoms. The number of amides is 1. The van der Waals surface area contributed by atoms with Gasteiger partial charge < -0.3 is 0 Å². The van der Waals surface area contributed by atoms with Crippen molar-refractivity contribution in [3.8, 4) is 0 Å². The van der Waals surface area contributed by atoms with E-state index in [1.807, 2.05) is 6.07 Å². The van der Waals surface area contributed by atoms with Gasteiger partial charge in [-0.2, -0.15) is 13.2 Å². The van der Waals surface area contributed by atoms with E-state index >= 15 is 0 Å². The molecule has 3 aromatic rings. The number of rotatable bonds is 4. The van der Waals surface area contributed by atoms with Crippen LogP contribution in [0.25, 0.3) is 10.9 Å². The van der Waals surface area contributed by atoms with Crippen molar-refractivity contribution >= 4 is 16.8 Å². The molecule has 0 radical (unpaired) electrons. The van der Waals surface area contributed by atoms with Gasteiger partial charge in [-0.05, 0) is 23.8 Å². The van der Waals surface area contributed by atoms with Crippen LogP contribution in [0.1, 0.15) is 23.9 Å². The van der Waals surface area contributed by atoms with Crippen molar-refractivity contribution in [2.24, 2.45) is 0 Å². The Hall–Kier alpha value is -3.16. The fourth-order valence-electron chi connectivity index (χ4n) is 2.71. The summed E-state index contributed by atoms with van der Waals surface area (Å²) in [7, 11) is 0. The normalized spacial score (nSPS) is 11.6. The molecule has 0 unspecified atom stereocenters. The second-order valence-electron chi connectivity index (χ2n) is 5.95. The van der Waals surface area contributed by atoms with Crippen LogP contribution in [0.4, 0.5) is 13.2 Å². The zero-order valence-electron chi connectivity index (χ0n) is 14.4. The minimum Gasteiger partial charge on any atom is -0.273 e. The number of nitrogens with zero attached hydrogens (tertiary/aromatic N) is 2. The second kappa shape index (κ2) is 7.22. The molecule has 1 heterocycles. The molecule has 0 fully saturated rings. The van der Waals surface area contributed by atoms with E-state index in [1.54, 1.807) is 31.2 Å². The largest absolute Gasteiger partial charge is 0.416 e. The third kappa shape index (κ3) is 3.99. The molecule has 0 aliphatic carbocycles. The minimum absolute atomic E-state index is 0.000195. The van der Waals surface area contributed by atoms with Crippen LogP contribution in [0, 0.1) is 0 Å². The van der Waals surface area contributed by atoms with Crippen LogP contribution in [0.5, 0.6) is 0 Å². The lowest BCUT2D eigenvalue weighted by molar-refractivity contribution is -0.137. The first-order chi connectivity index (χ1) is 12.8. The van der Waals surface area contributed by atoms with Gasteiger partial charge in [0.1, 0.15) is 5.82 Å². The van der Waals surface area contributed by atoms with Gasteiger partial charge >= 0.3 is 6.18 Å². The third-order valence-electron chi connectivity index (χ3n) is 4.03. The van der Waals surface area contributed by atoms with Gasteiger partial charge in [0.05, 0.1) is 22.9 Å². The first-order valence-electron chi connectivity index (χ1n) is 8.26. The number of aromatic nitrogens is 2. The number of carbonyl (C=O) groups excluding carboxylic acids is 1. The lowest BCUT2D eigenvalue weighted by atomic mass is 10.1. The van der Waals surface area contributed by atoms with Crippen molar-refractivity contribution in [3.05, 3.63) is 75.8 Å². The zero-order chi connectivity index (χ0) is 19.6. The summed E-state index contributed by atoms with van der Waals surface area (Å²) < 4.78 is 39.7. The molecule has 140 valence electrons. The van der Waals surface area contributed by atoms with Crippen LogP contribution < -0.4 is 11.0 Å². The Morgan fingerprint density at radius 3 is 2.48 bits per heavy atom. The molecule has 1 aromatic heterocycles. The molecule has 5 nitrogen and oxygen atoms in total. The van der Waals surface area contributed by atoms with Gasteiger partial charge in [0.25, 0.3) is 5.56 Å². The number of halogens is 3. The number of benzene rings is 2. The highest BCUT2D eigenvalue weighted by Crippen LogP contribution is 2.30. The molecule has 0 aliphatic heterocycles. The van der Waals surface area contributed by atoms with Crippen molar-refractivity contribution in [1.82, 2.24) is 9.66 Å². The summed E-state index contributed by atoms with van der Waals surface area (Å²) in [5, 5.41) is 0.000195. The Labute approximate surface area is 152 Å². The first kappa shape index (κ1) is 18.6. The van der Waals surface area contributed by atoms with Crippen LogP contribution >= 0.6 is 0 Å². The molecule has 0 atom stereocenters. The smallest absolute Gasteiger partial charge is 0.273 e. The third-order valence-corrected chi connectivity index (χ3v) is 4.03. The van der Waals surface area contributed by atoms with Gasteiger partial charge in [0, 0.05) is 6.42 Å². The average molecular weight is 375 g/mol. The van der Waals surface area contributed by atoms with E-state index in [1.165, 1.54) is 0 Å². The quantitative estimate of drug-likeness (QED) is 0.761. The fraction of sp³-hybridized carbons (Fsp3) is 0.211. The van der Waals surface area contributed by atoms with Gasteiger partial charge in [-0.3, -0.25) is 15.0 Å². The zero-order valence-corrected chi connectivity index (χ0v) is 14.4. The summed E-state index contributed by atoms with van der Waals surface area (Å²) in [6.07, 6.45) is -4.21. The molecule has 0 saturated heterocycles. The highest BCUT2D eigenvalue weighted by molar-refractivity contribution is 5.86. The van der Waals surface area contributed by atoms with E-state index in [0.717, 1.165) is 28.4 Å². The number of aryl methyl sites for hydroxylation is 1. The summed E-state index contributed by atoms with van der Waals surface area (Å²) in [5.74, 6) is -0.251. The van der Waals surface area contributed by atoms with Gasteiger partial charge in [-0.15, -0.1) is 0 Å². The standard InChI is InChI=1S/C19H16F3N3O2/c1-2-16-23-15-11-13(19(20,21)22)8-9-14(15)18(27)25(16)24-17(26)10-12-6-4-3-5-7-12/h3-9,11H,2,10H2,1H3,(H,24,26).